The number of hydrogen-bond donors (Lipinski definition) is 2. The quantitative estimate of drug-likeness (QED) is 0.504. The van der Waals surface area contributed by atoms with E-state index in [0.29, 0.717) is 12.3 Å². The van der Waals surface area contributed by atoms with Crippen molar-refractivity contribution < 1.29 is 4.39 Å². The Balaban J connectivity index is 3.70. The van der Waals surface area contributed by atoms with E-state index in [0.717, 1.165) is 6.42 Å². The van der Waals surface area contributed by atoms with Crippen LogP contribution in [-0.4, -0.2) is 18.4 Å². The van der Waals surface area contributed by atoms with Crippen molar-refractivity contribution >= 4 is 5.84 Å². The maximum Gasteiger partial charge on any atom is 0.117 e. The molecular weight excluding hydrogens is 169 g/mol. The largest absolute Gasteiger partial charge is 0.388 e. The minimum atomic E-state index is -0.245. The molecule has 4 N–H and O–H groups in total. The van der Waals surface area contributed by atoms with Crippen LogP contribution in [0.3, 0.4) is 0 Å². The molecule has 0 radical (unpaired) electrons. The Morgan fingerprint density at radius 2 is 2.23 bits per heavy atom. The van der Waals surface area contributed by atoms with Crippen LogP contribution in [0.25, 0.3) is 0 Å². The lowest BCUT2D eigenvalue weighted by atomic mass is 10.2. The molecular formula is C9H18FN3. The maximum atomic E-state index is 12.9. The summed E-state index contributed by atoms with van der Waals surface area (Å²) in [6, 6.07) is 0.115. The fourth-order valence-electron chi connectivity index (χ4n) is 0.768. The van der Waals surface area contributed by atoms with Crippen LogP contribution in [0.2, 0.25) is 0 Å². The Bertz CT molecular complexity index is 193. The standard InChI is InChI=1S/C9H18FN3/c1-7(11)4-3-5-9(10)6-13-8(2)12/h5,7H,3-4,6,11H2,1-2H3,(H2,12,13)/b9-5+/t7-/m1/s1. The fraction of sp³-hybridized carbons (Fsp3) is 0.667. The van der Waals surface area contributed by atoms with Crippen molar-refractivity contribution in [2.45, 2.75) is 32.7 Å². The molecule has 0 aromatic rings. The Kier molecular flexibility index (Phi) is 6.14. The second-order valence-electron chi connectivity index (χ2n) is 3.16. The smallest absolute Gasteiger partial charge is 0.117 e. The van der Waals surface area contributed by atoms with Crippen LogP contribution >= 0.6 is 0 Å². The number of aliphatic imine (C=N–C) groups is 1. The highest BCUT2D eigenvalue weighted by molar-refractivity contribution is 5.77. The van der Waals surface area contributed by atoms with Gasteiger partial charge in [0.2, 0.25) is 0 Å². The van der Waals surface area contributed by atoms with Gasteiger partial charge in [-0.05, 0) is 26.7 Å². The zero-order valence-electron chi connectivity index (χ0n) is 8.26. The topological polar surface area (TPSA) is 64.4 Å². The summed E-state index contributed by atoms with van der Waals surface area (Å²) in [6.07, 6.45) is 2.96. The van der Waals surface area contributed by atoms with Crippen molar-refractivity contribution in [1.29, 1.82) is 0 Å². The average Bonchev–Trinajstić information content (AvgIpc) is 2.00. The average molecular weight is 187 g/mol. The summed E-state index contributed by atoms with van der Waals surface area (Å²) in [5, 5.41) is 0. The van der Waals surface area contributed by atoms with Crippen molar-refractivity contribution in [2.75, 3.05) is 6.54 Å². The molecule has 0 rings (SSSR count). The highest BCUT2D eigenvalue weighted by Gasteiger charge is 1.95. The van der Waals surface area contributed by atoms with Gasteiger partial charge in [0.1, 0.15) is 5.83 Å². The normalized spacial score (nSPS) is 16.0. The van der Waals surface area contributed by atoms with E-state index in [9.17, 15) is 4.39 Å². The van der Waals surface area contributed by atoms with Crippen LogP contribution in [0, 0.1) is 0 Å². The summed E-state index contributed by atoms with van der Waals surface area (Å²) < 4.78 is 12.9. The molecule has 0 aliphatic heterocycles. The molecule has 4 heteroatoms. The van der Waals surface area contributed by atoms with Crippen molar-refractivity contribution in [1.82, 2.24) is 0 Å². The molecule has 0 spiro atoms. The fourth-order valence-corrected chi connectivity index (χ4v) is 0.768. The van der Waals surface area contributed by atoms with Gasteiger partial charge in [0.05, 0.1) is 12.4 Å². The summed E-state index contributed by atoms with van der Waals surface area (Å²) in [5.74, 6) is 0.154. The number of amidine groups is 1. The van der Waals surface area contributed by atoms with Crippen molar-refractivity contribution in [3.63, 3.8) is 0 Å². The Morgan fingerprint density at radius 3 is 2.69 bits per heavy atom. The minimum absolute atomic E-state index is 0.0429. The van der Waals surface area contributed by atoms with E-state index < -0.39 is 0 Å². The molecule has 1 atom stereocenters. The van der Waals surface area contributed by atoms with E-state index in [1.165, 1.54) is 6.08 Å². The molecule has 0 bridgehead atoms. The molecule has 0 unspecified atom stereocenters. The summed E-state index contributed by atoms with van der Waals surface area (Å²) in [4.78, 5) is 3.74. The van der Waals surface area contributed by atoms with Crippen LogP contribution < -0.4 is 11.5 Å². The minimum Gasteiger partial charge on any atom is -0.388 e. The molecule has 3 nitrogen and oxygen atoms in total. The van der Waals surface area contributed by atoms with Gasteiger partial charge in [-0.3, -0.25) is 4.99 Å². The highest BCUT2D eigenvalue weighted by Crippen LogP contribution is 2.02. The van der Waals surface area contributed by atoms with Gasteiger partial charge in [-0.2, -0.15) is 0 Å². The molecule has 13 heavy (non-hydrogen) atoms. The van der Waals surface area contributed by atoms with E-state index in [1.54, 1.807) is 6.92 Å². The van der Waals surface area contributed by atoms with Crippen LogP contribution in [0.4, 0.5) is 4.39 Å². The van der Waals surface area contributed by atoms with Gasteiger partial charge in [-0.1, -0.05) is 6.08 Å². The first-order chi connectivity index (χ1) is 6.02. The lowest BCUT2D eigenvalue weighted by Crippen LogP contribution is -2.13. The van der Waals surface area contributed by atoms with Gasteiger partial charge < -0.3 is 11.5 Å². The number of nitrogens with zero attached hydrogens (tertiary/aromatic N) is 1. The van der Waals surface area contributed by atoms with Crippen LogP contribution in [-0.2, 0) is 0 Å². The van der Waals surface area contributed by atoms with E-state index in [4.69, 9.17) is 11.5 Å². The third-order valence-electron chi connectivity index (χ3n) is 1.47. The molecule has 0 fully saturated rings. The molecule has 0 aliphatic carbocycles. The number of nitrogens with two attached hydrogens (primary N) is 2. The third kappa shape index (κ3) is 9.01. The molecule has 0 aliphatic rings. The SMILES string of the molecule is CC(N)=NC/C(F)=C\CC[C@@H](C)N. The van der Waals surface area contributed by atoms with E-state index in [1.807, 2.05) is 6.92 Å². The number of halogens is 1. The zero-order valence-corrected chi connectivity index (χ0v) is 8.26. The van der Waals surface area contributed by atoms with Crippen molar-refractivity contribution in [3.05, 3.63) is 11.9 Å². The van der Waals surface area contributed by atoms with Gasteiger partial charge in [-0.15, -0.1) is 0 Å². The number of rotatable bonds is 5. The molecule has 0 amide bonds. The first-order valence-electron chi connectivity index (χ1n) is 4.39. The molecule has 0 aromatic carbocycles. The monoisotopic (exact) mass is 187 g/mol. The third-order valence-corrected chi connectivity index (χ3v) is 1.47. The first kappa shape index (κ1) is 12.1. The summed E-state index contributed by atoms with van der Waals surface area (Å²) in [5.41, 5.74) is 10.8. The molecule has 0 saturated carbocycles. The lowest BCUT2D eigenvalue weighted by molar-refractivity contribution is 0.601. The van der Waals surface area contributed by atoms with Gasteiger partial charge in [0, 0.05) is 6.04 Å². The molecule has 76 valence electrons. The van der Waals surface area contributed by atoms with E-state index >= 15 is 0 Å². The summed E-state index contributed by atoms with van der Waals surface area (Å²) >= 11 is 0. The molecule has 0 aromatic heterocycles. The van der Waals surface area contributed by atoms with Crippen molar-refractivity contribution in [2.24, 2.45) is 16.5 Å². The summed E-state index contributed by atoms with van der Waals surface area (Å²) in [6.45, 7) is 3.57. The molecule has 0 saturated heterocycles. The predicted molar refractivity (Wildman–Crippen MR) is 54.2 cm³/mol. The Hall–Kier alpha value is -0.900. The van der Waals surface area contributed by atoms with Gasteiger partial charge in [-0.25, -0.2) is 4.39 Å². The predicted octanol–water partition coefficient (Wildman–Crippen LogP) is 1.34. The maximum absolute atomic E-state index is 12.9. The number of hydrogen-bond acceptors (Lipinski definition) is 2. The highest BCUT2D eigenvalue weighted by atomic mass is 19.1. The zero-order chi connectivity index (χ0) is 10.3. The van der Waals surface area contributed by atoms with Crippen LogP contribution in [0.5, 0.6) is 0 Å². The number of allylic oxidation sites excluding steroid dienone is 1. The van der Waals surface area contributed by atoms with E-state index in [2.05, 4.69) is 4.99 Å². The first-order valence-corrected chi connectivity index (χ1v) is 4.39. The van der Waals surface area contributed by atoms with Gasteiger partial charge in [0.25, 0.3) is 0 Å². The van der Waals surface area contributed by atoms with Crippen LogP contribution in [0.1, 0.15) is 26.7 Å². The Morgan fingerprint density at radius 1 is 1.62 bits per heavy atom. The summed E-state index contributed by atoms with van der Waals surface area (Å²) in [7, 11) is 0. The van der Waals surface area contributed by atoms with Crippen molar-refractivity contribution in [3.8, 4) is 0 Å². The second kappa shape index (κ2) is 6.60. The molecule has 0 heterocycles. The van der Waals surface area contributed by atoms with Gasteiger partial charge in [0.15, 0.2) is 0 Å². The van der Waals surface area contributed by atoms with E-state index in [-0.39, 0.29) is 18.4 Å². The Labute approximate surface area is 78.7 Å². The van der Waals surface area contributed by atoms with Crippen LogP contribution in [0.15, 0.2) is 16.9 Å². The lowest BCUT2D eigenvalue weighted by Gasteiger charge is -2.00. The second-order valence-corrected chi connectivity index (χ2v) is 3.16. The van der Waals surface area contributed by atoms with Gasteiger partial charge >= 0.3 is 0 Å².